The van der Waals surface area contributed by atoms with Crippen molar-refractivity contribution in [2.45, 2.75) is 216 Å². The molecule has 14 nitrogen and oxygen atoms in total. The van der Waals surface area contributed by atoms with Crippen LogP contribution >= 0.6 is 0 Å². The molecule has 2 aliphatic heterocycles. The van der Waals surface area contributed by atoms with Gasteiger partial charge in [-0.05, 0) is 71.1 Å². The molecule has 0 radical (unpaired) electrons. The van der Waals surface area contributed by atoms with Gasteiger partial charge < -0.3 is 65.1 Å². The van der Waals surface area contributed by atoms with Crippen molar-refractivity contribution in [3.05, 3.63) is 60.8 Å². The average molecular weight is 882 g/mol. The molecule has 12 atom stereocenters. The summed E-state index contributed by atoms with van der Waals surface area (Å²) in [6.07, 6.45) is 24.4. The third-order valence-electron chi connectivity index (χ3n) is 11.2. The monoisotopic (exact) mass is 882 g/mol. The van der Waals surface area contributed by atoms with Gasteiger partial charge in [-0.3, -0.25) is 4.79 Å². The van der Waals surface area contributed by atoms with E-state index < -0.39 is 86.8 Å². The minimum atomic E-state index is -1.79. The Labute approximate surface area is 371 Å². The lowest BCUT2D eigenvalue weighted by Crippen LogP contribution is -2.65. The van der Waals surface area contributed by atoms with Crippen molar-refractivity contribution in [3.8, 4) is 0 Å². The first-order valence-electron chi connectivity index (χ1n) is 23.5. The molecule has 0 saturated carbocycles. The standard InChI is InChI=1S/C48H83NO13/c1-3-5-7-9-11-13-14-15-16-17-18-19-20-21-22-24-26-28-30-32-40(53)49-36(37(52)31-29-27-25-23-12-10-8-6-4-2)35-59-47-45(58)43(56)46(39(34-51)61-47)62-48-44(57)42(55)41(54)38(33-50)60-48/h4,6,11-13,15-16,23,29,31,36-39,41-48,50-52,54-58H,3,5,7-10,14,17-22,24-28,30,32-35H2,1-2H3,(H,49,53)/b6-4+,13-11-,16-15-,23-12+,31-29+. The van der Waals surface area contributed by atoms with E-state index in [1.54, 1.807) is 6.08 Å². The van der Waals surface area contributed by atoms with E-state index in [2.05, 4.69) is 54.8 Å². The van der Waals surface area contributed by atoms with E-state index in [1.165, 1.54) is 57.8 Å². The molecule has 0 aromatic heterocycles. The number of allylic oxidation sites excluding steroid dienone is 9. The number of aliphatic hydroxyl groups excluding tert-OH is 8. The van der Waals surface area contributed by atoms with Crippen molar-refractivity contribution in [3.63, 3.8) is 0 Å². The number of hydrogen-bond donors (Lipinski definition) is 9. The van der Waals surface area contributed by atoms with Crippen LogP contribution in [0.2, 0.25) is 0 Å². The third-order valence-corrected chi connectivity index (χ3v) is 11.2. The third kappa shape index (κ3) is 22.5. The first-order chi connectivity index (χ1) is 30.1. The Morgan fingerprint density at radius 1 is 0.613 bits per heavy atom. The molecule has 1 amide bonds. The number of amides is 1. The van der Waals surface area contributed by atoms with Crippen LogP contribution in [0.3, 0.4) is 0 Å². The summed E-state index contributed by atoms with van der Waals surface area (Å²) in [7, 11) is 0. The van der Waals surface area contributed by atoms with Gasteiger partial charge >= 0.3 is 0 Å². The lowest BCUT2D eigenvalue weighted by Gasteiger charge is -2.46. The summed E-state index contributed by atoms with van der Waals surface area (Å²) in [5, 5.41) is 86.3. The SMILES string of the molecule is C/C=C/CC/C=C/CC/C=C/C(O)C(COC1OC(CO)C(OC2OC(CO)C(O)C(O)C2O)C(O)C1O)NC(=O)CCCCCCCCCCC/C=C\C/C=C\CCCCC. The molecule has 0 aromatic rings. The van der Waals surface area contributed by atoms with Crippen molar-refractivity contribution in [1.82, 2.24) is 5.32 Å². The Balaban J connectivity index is 1.83. The molecular weight excluding hydrogens is 799 g/mol. The highest BCUT2D eigenvalue weighted by Gasteiger charge is 2.50. The fraction of sp³-hybridized carbons (Fsp3) is 0.771. The lowest BCUT2D eigenvalue weighted by molar-refractivity contribution is -0.359. The maximum absolute atomic E-state index is 13.1. The summed E-state index contributed by atoms with van der Waals surface area (Å²) in [5.41, 5.74) is 0. The fourth-order valence-electron chi connectivity index (χ4n) is 7.36. The number of nitrogens with one attached hydrogen (secondary N) is 1. The van der Waals surface area contributed by atoms with Crippen LogP contribution in [0.15, 0.2) is 60.8 Å². The van der Waals surface area contributed by atoms with Crippen molar-refractivity contribution < 1.29 is 64.6 Å². The van der Waals surface area contributed by atoms with E-state index in [-0.39, 0.29) is 18.9 Å². The number of ether oxygens (including phenoxy) is 4. The van der Waals surface area contributed by atoms with Crippen LogP contribution in [0.4, 0.5) is 0 Å². The maximum atomic E-state index is 13.1. The molecule has 0 bridgehead atoms. The van der Waals surface area contributed by atoms with Crippen LogP contribution in [-0.4, -0.2) is 140 Å². The maximum Gasteiger partial charge on any atom is 0.220 e. The molecule has 358 valence electrons. The Kier molecular flexibility index (Phi) is 31.5. The number of carbonyl (C=O) groups excluding carboxylic acids is 1. The molecule has 14 heteroatoms. The van der Waals surface area contributed by atoms with E-state index >= 15 is 0 Å². The van der Waals surface area contributed by atoms with Gasteiger partial charge in [0.25, 0.3) is 0 Å². The Morgan fingerprint density at radius 3 is 1.76 bits per heavy atom. The molecule has 9 N–H and O–H groups in total. The quantitative estimate of drug-likeness (QED) is 0.0304. The van der Waals surface area contributed by atoms with Crippen LogP contribution in [0, 0.1) is 0 Å². The topological polar surface area (TPSA) is 228 Å². The molecule has 12 unspecified atom stereocenters. The van der Waals surface area contributed by atoms with Crippen molar-refractivity contribution in [2.24, 2.45) is 0 Å². The number of unbranched alkanes of at least 4 members (excludes halogenated alkanes) is 14. The smallest absolute Gasteiger partial charge is 0.220 e. The summed E-state index contributed by atoms with van der Waals surface area (Å²) in [5.74, 6) is -0.265. The molecule has 2 heterocycles. The first kappa shape index (κ1) is 55.8. The van der Waals surface area contributed by atoms with Gasteiger partial charge in [-0.1, -0.05) is 125 Å². The van der Waals surface area contributed by atoms with Gasteiger partial charge in [0.15, 0.2) is 12.6 Å². The van der Waals surface area contributed by atoms with Crippen LogP contribution in [0.5, 0.6) is 0 Å². The van der Waals surface area contributed by atoms with E-state index in [0.29, 0.717) is 12.8 Å². The van der Waals surface area contributed by atoms with E-state index in [1.807, 2.05) is 19.1 Å². The largest absolute Gasteiger partial charge is 0.394 e. The summed E-state index contributed by atoms with van der Waals surface area (Å²) >= 11 is 0. The molecular formula is C48H83NO13. The average Bonchev–Trinajstić information content (AvgIpc) is 3.27. The van der Waals surface area contributed by atoms with Gasteiger partial charge in [-0.15, -0.1) is 0 Å². The number of hydrogen-bond acceptors (Lipinski definition) is 13. The summed E-state index contributed by atoms with van der Waals surface area (Å²) in [6.45, 7) is 2.46. The minimum Gasteiger partial charge on any atom is -0.394 e. The lowest BCUT2D eigenvalue weighted by atomic mass is 9.97. The van der Waals surface area contributed by atoms with Crippen LogP contribution in [0.25, 0.3) is 0 Å². The second-order valence-corrected chi connectivity index (χ2v) is 16.5. The minimum absolute atomic E-state index is 0.262. The second kappa shape index (κ2) is 35.0. The van der Waals surface area contributed by atoms with Gasteiger partial charge in [0.05, 0.1) is 32.0 Å². The molecule has 2 rings (SSSR count). The highest BCUT2D eigenvalue weighted by molar-refractivity contribution is 5.76. The zero-order chi connectivity index (χ0) is 45.4. The predicted molar refractivity (Wildman–Crippen MR) is 240 cm³/mol. The van der Waals surface area contributed by atoms with Crippen molar-refractivity contribution >= 4 is 5.91 Å². The second-order valence-electron chi connectivity index (χ2n) is 16.5. The summed E-state index contributed by atoms with van der Waals surface area (Å²) in [4.78, 5) is 13.1. The fourth-order valence-corrected chi connectivity index (χ4v) is 7.36. The van der Waals surface area contributed by atoms with Gasteiger partial charge in [-0.25, -0.2) is 0 Å². The molecule has 2 saturated heterocycles. The van der Waals surface area contributed by atoms with Gasteiger partial charge in [-0.2, -0.15) is 0 Å². The number of rotatable bonds is 34. The predicted octanol–water partition coefficient (Wildman–Crippen LogP) is 5.10. The van der Waals surface area contributed by atoms with Gasteiger partial charge in [0.2, 0.25) is 5.91 Å². The Hall–Kier alpha value is -2.31. The van der Waals surface area contributed by atoms with E-state index in [0.717, 1.165) is 51.4 Å². The number of aliphatic hydroxyl groups is 8. The molecule has 2 aliphatic rings. The molecule has 62 heavy (non-hydrogen) atoms. The summed E-state index contributed by atoms with van der Waals surface area (Å²) < 4.78 is 22.6. The number of carbonyl (C=O) groups is 1. The highest BCUT2D eigenvalue weighted by atomic mass is 16.7. The molecule has 0 aromatic carbocycles. The van der Waals surface area contributed by atoms with Crippen molar-refractivity contribution in [2.75, 3.05) is 19.8 Å². The highest BCUT2D eigenvalue weighted by Crippen LogP contribution is 2.30. The van der Waals surface area contributed by atoms with E-state index in [4.69, 9.17) is 18.9 Å². The Morgan fingerprint density at radius 2 is 1.15 bits per heavy atom. The van der Waals surface area contributed by atoms with Crippen LogP contribution < -0.4 is 5.32 Å². The first-order valence-corrected chi connectivity index (χ1v) is 23.5. The van der Waals surface area contributed by atoms with E-state index in [9.17, 15) is 45.6 Å². The van der Waals surface area contributed by atoms with Crippen molar-refractivity contribution in [1.29, 1.82) is 0 Å². The zero-order valence-corrected chi connectivity index (χ0v) is 37.6. The van der Waals surface area contributed by atoms with Crippen LogP contribution in [0.1, 0.15) is 142 Å². The Bertz CT molecular complexity index is 1270. The normalized spacial score (nSPS) is 28.3. The van der Waals surface area contributed by atoms with Gasteiger partial charge in [0, 0.05) is 6.42 Å². The zero-order valence-electron chi connectivity index (χ0n) is 37.6. The molecule has 0 aliphatic carbocycles. The van der Waals surface area contributed by atoms with Crippen LogP contribution in [-0.2, 0) is 23.7 Å². The molecule has 2 fully saturated rings. The van der Waals surface area contributed by atoms with Gasteiger partial charge in [0.1, 0.15) is 48.8 Å². The summed E-state index contributed by atoms with van der Waals surface area (Å²) in [6, 6.07) is -0.939. The molecule has 0 spiro atoms.